The average molecular weight is 240 g/mol. The second-order valence-electron chi connectivity index (χ2n) is 3.42. The van der Waals surface area contributed by atoms with Crippen LogP contribution in [0.2, 0.25) is 0 Å². The van der Waals surface area contributed by atoms with Crippen LogP contribution < -0.4 is 0 Å². The van der Waals surface area contributed by atoms with Gasteiger partial charge in [-0.3, -0.25) is 4.18 Å². The molecule has 0 aliphatic heterocycles. The van der Waals surface area contributed by atoms with Gasteiger partial charge in [-0.05, 0) is 17.5 Å². The molecule has 0 atom stereocenters. The highest BCUT2D eigenvalue weighted by Crippen LogP contribution is 2.11. The van der Waals surface area contributed by atoms with Crippen LogP contribution in [0.25, 0.3) is 6.08 Å². The maximum Gasteiger partial charge on any atom is 0.271 e. The molecule has 4 heteroatoms. The molecule has 0 amide bonds. The second kappa shape index (κ2) is 5.82. The summed E-state index contributed by atoms with van der Waals surface area (Å²) in [5.74, 6) is -0.0860. The molecule has 0 N–H and O–H groups in total. The van der Waals surface area contributed by atoms with Crippen LogP contribution in [0, 0.1) is 0 Å². The van der Waals surface area contributed by atoms with Crippen molar-refractivity contribution in [1.29, 1.82) is 0 Å². The molecule has 16 heavy (non-hydrogen) atoms. The van der Waals surface area contributed by atoms with Crippen molar-refractivity contribution in [3.8, 4) is 0 Å². The SMILES string of the molecule is CCC=Cc1cccc(CS(=O)(=O)OC)c1. The maximum atomic E-state index is 11.3. The predicted octanol–water partition coefficient (Wildman–Crippen LogP) is 2.59. The molecule has 0 aliphatic rings. The largest absolute Gasteiger partial charge is 0.273 e. The number of hydrogen-bond donors (Lipinski definition) is 0. The van der Waals surface area contributed by atoms with E-state index < -0.39 is 10.1 Å². The van der Waals surface area contributed by atoms with Crippen LogP contribution in [0.4, 0.5) is 0 Å². The van der Waals surface area contributed by atoms with Crippen molar-refractivity contribution in [3.63, 3.8) is 0 Å². The van der Waals surface area contributed by atoms with E-state index in [1.165, 1.54) is 7.11 Å². The molecular weight excluding hydrogens is 224 g/mol. The lowest BCUT2D eigenvalue weighted by atomic mass is 10.1. The lowest BCUT2D eigenvalue weighted by molar-refractivity contribution is 0.397. The van der Waals surface area contributed by atoms with Gasteiger partial charge in [0, 0.05) is 0 Å². The van der Waals surface area contributed by atoms with E-state index >= 15 is 0 Å². The van der Waals surface area contributed by atoms with Crippen LogP contribution in [-0.4, -0.2) is 15.5 Å². The van der Waals surface area contributed by atoms with Gasteiger partial charge >= 0.3 is 0 Å². The molecular formula is C12H16O3S. The third kappa shape index (κ3) is 4.16. The van der Waals surface area contributed by atoms with Crippen molar-refractivity contribution in [1.82, 2.24) is 0 Å². The minimum Gasteiger partial charge on any atom is -0.273 e. The molecule has 1 aromatic carbocycles. The van der Waals surface area contributed by atoms with E-state index in [4.69, 9.17) is 0 Å². The van der Waals surface area contributed by atoms with Gasteiger partial charge in [0.15, 0.2) is 0 Å². The molecule has 0 spiro atoms. The van der Waals surface area contributed by atoms with E-state index in [0.717, 1.165) is 17.5 Å². The lowest BCUT2D eigenvalue weighted by Crippen LogP contribution is -2.05. The molecule has 0 aliphatic carbocycles. The normalized spacial score (nSPS) is 12.1. The number of allylic oxidation sites excluding steroid dienone is 1. The fourth-order valence-electron chi connectivity index (χ4n) is 1.30. The molecule has 3 nitrogen and oxygen atoms in total. The Hall–Kier alpha value is -1.13. The highest BCUT2D eigenvalue weighted by Gasteiger charge is 2.09. The van der Waals surface area contributed by atoms with Crippen molar-refractivity contribution in [2.24, 2.45) is 0 Å². The molecule has 0 aromatic heterocycles. The first-order valence-corrected chi connectivity index (χ1v) is 6.69. The minimum absolute atomic E-state index is 0.0860. The van der Waals surface area contributed by atoms with Gasteiger partial charge in [-0.15, -0.1) is 0 Å². The third-order valence-electron chi connectivity index (χ3n) is 2.09. The Balaban J connectivity index is 2.87. The molecule has 0 bridgehead atoms. The summed E-state index contributed by atoms with van der Waals surface area (Å²) in [4.78, 5) is 0. The minimum atomic E-state index is -3.43. The standard InChI is InChI=1S/C12H16O3S/c1-3-4-6-11-7-5-8-12(9-11)10-16(13,14)15-2/h4-9H,3,10H2,1-2H3. The summed E-state index contributed by atoms with van der Waals surface area (Å²) in [5.41, 5.74) is 1.74. The van der Waals surface area contributed by atoms with Gasteiger partial charge in [0.2, 0.25) is 0 Å². The van der Waals surface area contributed by atoms with Crippen molar-refractivity contribution >= 4 is 16.2 Å². The van der Waals surface area contributed by atoms with Crippen LogP contribution in [0.1, 0.15) is 24.5 Å². The monoisotopic (exact) mass is 240 g/mol. The number of benzene rings is 1. The predicted molar refractivity (Wildman–Crippen MR) is 65.4 cm³/mol. The first-order chi connectivity index (χ1) is 7.57. The smallest absolute Gasteiger partial charge is 0.271 e. The Morgan fingerprint density at radius 1 is 1.38 bits per heavy atom. The molecule has 88 valence electrons. The summed E-state index contributed by atoms with van der Waals surface area (Å²) in [6.07, 6.45) is 4.97. The Labute approximate surface area is 96.9 Å². The van der Waals surface area contributed by atoms with Gasteiger partial charge in [0.25, 0.3) is 10.1 Å². The van der Waals surface area contributed by atoms with Gasteiger partial charge in [-0.25, -0.2) is 0 Å². The zero-order valence-corrected chi connectivity index (χ0v) is 10.3. The van der Waals surface area contributed by atoms with E-state index in [1.807, 2.05) is 30.4 Å². The molecule has 0 saturated heterocycles. The van der Waals surface area contributed by atoms with Crippen molar-refractivity contribution in [2.75, 3.05) is 7.11 Å². The van der Waals surface area contributed by atoms with E-state index in [1.54, 1.807) is 6.07 Å². The maximum absolute atomic E-state index is 11.3. The Morgan fingerprint density at radius 2 is 2.12 bits per heavy atom. The van der Waals surface area contributed by atoms with Gasteiger partial charge in [0.05, 0.1) is 7.11 Å². The summed E-state index contributed by atoms with van der Waals surface area (Å²) in [6, 6.07) is 7.41. The van der Waals surface area contributed by atoms with Crippen LogP contribution in [0.5, 0.6) is 0 Å². The lowest BCUT2D eigenvalue weighted by Gasteiger charge is -2.02. The van der Waals surface area contributed by atoms with E-state index in [9.17, 15) is 8.42 Å². The van der Waals surface area contributed by atoms with E-state index in [0.29, 0.717) is 0 Å². The van der Waals surface area contributed by atoms with Crippen molar-refractivity contribution in [3.05, 3.63) is 41.5 Å². The van der Waals surface area contributed by atoms with Gasteiger partial charge in [-0.1, -0.05) is 43.3 Å². The van der Waals surface area contributed by atoms with Crippen LogP contribution in [0.15, 0.2) is 30.3 Å². The Kier molecular flexibility index (Phi) is 4.71. The molecule has 0 unspecified atom stereocenters. The van der Waals surface area contributed by atoms with E-state index in [-0.39, 0.29) is 5.75 Å². The van der Waals surface area contributed by atoms with Gasteiger partial charge in [0.1, 0.15) is 5.75 Å². The first-order valence-electron chi connectivity index (χ1n) is 5.11. The van der Waals surface area contributed by atoms with Gasteiger partial charge in [-0.2, -0.15) is 8.42 Å². The molecule has 1 aromatic rings. The van der Waals surface area contributed by atoms with Crippen LogP contribution in [-0.2, 0) is 20.1 Å². The molecule has 1 rings (SSSR count). The first kappa shape index (κ1) is 12.9. The summed E-state index contributed by atoms with van der Waals surface area (Å²) >= 11 is 0. The third-order valence-corrected chi connectivity index (χ3v) is 3.29. The quantitative estimate of drug-likeness (QED) is 0.743. The summed E-state index contributed by atoms with van der Waals surface area (Å²) < 4.78 is 26.9. The molecule has 0 heterocycles. The van der Waals surface area contributed by atoms with Crippen molar-refractivity contribution in [2.45, 2.75) is 19.1 Å². The topological polar surface area (TPSA) is 43.4 Å². The molecule has 0 saturated carbocycles. The Morgan fingerprint density at radius 3 is 2.75 bits per heavy atom. The fourth-order valence-corrected chi connectivity index (χ4v) is 2.01. The Bertz CT molecular complexity index is 461. The average Bonchev–Trinajstić information content (AvgIpc) is 2.26. The summed E-state index contributed by atoms with van der Waals surface area (Å²) in [6.45, 7) is 2.05. The summed E-state index contributed by atoms with van der Waals surface area (Å²) in [5, 5.41) is 0. The highest BCUT2D eigenvalue weighted by atomic mass is 32.2. The molecule has 0 radical (unpaired) electrons. The fraction of sp³-hybridized carbons (Fsp3) is 0.333. The number of rotatable bonds is 5. The number of hydrogen-bond acceptors (Lipinski definition) is 3. The molecule has 0 fully saturated rings. The second-order valence-corrected chi connectivity index (χ2v) is 5.16. The van der Waals surface area contributed by atoms with Gasteiger partial charge < -0.3 is 0 Å². The van der Waals surface area contributed by atoms with E-state index in [2.05, 4.69) is 11.1 Å². The van der Waals surface area contributed by atoms with Crippen LogP contribution >= 0.6 is 0 Å². The zero-order chi connectivity index (χ0) is 12.0. The zero-order valence-electron chi connectivity index (χ0n) is 9.51. The highest BCUT2D eigenvalue weighted by molar-refractivity contribution is 7.85. The van der Waals surface area contributed by atoms with Crippen molar-refractivity contribution < 1.29 is 12.6 Å². The van der Waals surface area contributed by atoms with Crippen LogP contribution in [0.3, 0.4) is 0 Å². The summed E-state index contributed by atoms with van der Waals surface area (Å²) in [7, 11) is -2.26.